The Bertz CT molecular complexity index is 554. The van der Waals surface area contributed by atoms with Gasteiger partial charge < -0.3 is 4.74 Å². The molecular formula is C19H23NO2. The number of esters is 1. The Morgan fingerprint density at radius 3 is 1.86 bits per heavy atom. The van der Waals surface area contributed by atoms with E-state index in [1.54, 1.807) is 0 Å². The van der Waals surface area contributed by atoms with E-state index in [-0.39, 0.29) is 12.0 Å². The van der Waals surface area contributed by atoms with Gasteiger partial charge in [0.15, 0.2) is 0 Å². The van der Waals surface area contributed by atoms with Gasteiger partial charge in [-0.2, -0.15) is 0 Å². The summed E-state index contributed by atoms with van der Waals surface area (Å²) in [5, 5.41) is 3.44. The molecule has 0 unspecified atom stereocenters. The highest BCUT2D eigenvalue weighted by Crippen LogP contribution is 2.25. The molecule has 0 saturated carbocycles. The van der Waals surface area contributed by atoms with Gasteiger partial charge in [0, 0.05) is 0 Å². The Kier molecular flexibility index (Phi) is 5.34. The summed E-state index contributed by atoms with van der Waals surface area (Å²) < 4.78 is 5.18. The minimum Gasteiger partial charge on any atom is -0.465 e. The summed E-state index contributed by atoms with van der Waals surface area (Å²) in [6, 6.07) is 20.2. The highest BCUT2D eigenvalue weighted by molar-refractivity contribution is 5.80. The van der Waals surface area contributed by atoms with E-state index in [4.69, 9.17) is 4.74 Å². The number of ether oxygens (including phenoxy) is 1. The summed E-state index contributed by atoms with van der Waals surface area (Å²) >= 11 is 0. The third-order valence-corrected chi connectivity index (χ3v) is 3.56. The first kappa shape index (κ1) is 16.2. The van der Waals surface area contributed by atoms with E-state index in [0.717, 1.165) is 11.1 Å². The number of carbonyl (C=O) groups excluding carboxylic acids is 1. The van der Waals surface area contributed by atoms with Crippen molar-refractivity contribution < 1.29 is 9.53 Å². The van der Waals surface area contributed by atoms with Gasteiger partial charge in [0.25, 0.3) is 0 Å². The zero-order valence-electron chi connectivity index (χ0n) is 13.4. The van der Waals surface area contributed by atoms with E-state index >= 15 is 0 Å². The van der Waals surface area contributed by atoms with Crippen molar-refractivity contribution in [2.45, 2.75) is 32.4 Å². The van der Waals surface area contributed by atoms with Crippen molar-refractivity contribution in [2.75, 3.05) is 6.61 Å². The van der Waals surface area contributed by atoms with Crippen molar-refractivity contribution >= 4 is 5.97 Å². The molecule has 0 heterocycles. The zero-order chi connectivity index (χ0) is 16.0. The predicted octanol–water partition coefficient (Wildman–Crippen LogP) is 3.71. The quantitative estimate of drug-likeness (QED) is 0.826. The molecule has 0 spiro atoms. The van der Waals surface area contributed by atoms with E-state index in [0.29, 0.717) is 6.61 Å². The second-order valence-electron chi connectivity index (χ2n) is 5.74. The molecule has 2 rings (SSSR count). The summed E-state index contributed by atoms with van der Waals surface area (Å²) in [7, 11) is 0. The monoisotopic (exact) mass is 297 g/mol. The summed E-state index contributed by atoms with van der Waals surface area (Å²) in [4.78, 5) is 12.2. The van der Waals surface area contributed by atoms with Crippen LogP contribution in [0.5, 0.6) is 0 Å². The molecule has 0 amide bonds. The van der Waals surface area contributed by atoms with E-state index < -0.39 is 5.54 Å². The molecule has 116 valence electrons. The number of rotatable bonds is 6. The van der Waals surface area contributed by atoms with Gasteiger partial charge in [0.2, 0.25) is 0 Å². The van der Waals surface area contributed by atoms with Gasteiger partial charge in [-0.25, -0.2) is 0 Å². The smallest absolute Gasteiger partial charge is 0.325 e. The maximum Gasteiger partial charge on any atom is 0.325 e. The molecule has 3 heteroatoms. The molecule has 2 aromatic carbocycles. The van der Waals surface area contributed by atoms with Crippen LogP contribution in [0.15, 0.2) is 60.7 Å². The van der Waals surface area contributed by atoms with Crippen LogP contribution >= 0.6 is 0 Å². The van der Waals surface area contributed by atoms with E-state index in [9.17, 15) is 4.79 Å². The SMILES string of the molecule is CCOC(=O)C(C)(C)NC(c1ccccc1)c1ccccc1. The van der Waals surface area contributed by atoms with Gasteiger partial charge in [0.05, 0.1) is 12.6 Å². The first-order valence-corrected chi connectivity index (χ1v) is 7.59. The fraction of sp³-hybridized carbons (Fsp3) is 0.316. The number of benzene rings is 2. The van der Waals surface area contributed by atoms with Crippen molar-refractivity contribution in [1.82, 2.24) is 5.32 Å². The minimum atomic E-state index is -0.771. The molecule has 0 radical (unpaired) electrons. The van der Waals surface area contributed by atoms with Crippen LogP contribution in [0.4, 0.5) is 0 Å². The van der Waals surface area contributed by atoms with Gasteiger partial charge in [-0.3, -0.25) is 10.1 Å². The molecule has 3 nitrogen and oxygen atoms in total. The van der Waals surface area contributed by atoms with E-state index in [1.807, 2.05) is 57.2 Å². The fourth-order valence-corrected chi connectivity index (χ4v) is 2.38. The van der Waals surface area contributed by atoms with Crippen LogP contribution in [-0.4, -0.2) is 18.1 Å². The van der Waals surface area contributed by atoms with Crippen molar-refractivity contribution in [1.29, 1.82) is 0 Å². The number of hydrogen-bond donors (Lipinski definition) is 1. The van der Waals surface area contributed by atoms with Gasteiger partial charge in [0.1, 0.15) is 5.54 Å². The predicted molar refractivity (Wildman–Crippen MR) is 88.6 cm³/mol. The van der Waals surface area contributed by atoms with Crippen molar-refractivity contribution in [3.8, 4) is 0 Å². The molecule has 0 aliphatic heterocycles. The van der Waals surface area contributed by atoms with Crippen LogP contribution < -0.4 is 5.32 Å². The summed E-state index contributed by atoms with van der Waals surface area (Å²) in [5.74, 6) is -0.244. The highest BCUT2D eigenvalue weighted by Gasteiger charge is 2.32. The molecule has 2 aromatic rings. The third kappa shape index (κ3) is 3.95. The lowest BCUT2D eigenvalue weighted by Crippen LogP contribution is -2.49. The summed E-state index contributed by atoms with van der Waals surface area (Å²) in [6.45, 7) is 5.90. The normalized spacial score (nSPS) is 11.5. The van der Waals surface area contributed by atoms with Gasteiger partial charge in [-0.05, 0) is 31.9 Å². The first-order chi connectivity index (χ1) is 10.5. The minimum absolute atomic E-state index is 0.0678. The van der Waals surface area contributed by atoms with E-state index in [2.05, 4.69) is 29.6 Å². The third-order valence-electron chi connectivity index (χ3n) is 3.56. The second kappa shape index (κ2) is 7.23. The molecule has 1 N–H and O–H groups in total. The largest absolute Gasteiger partial charge is 0.465 e. The van der Waals surface area contributed by atoms with E-state index in [1.165, 1.54) is 0 Å². The van der Waals surface area contributed by atoms with Crippen molar-refractivity contribution in [3.63, 3.8) is 0 Å². The summed E-state index contributed by atoms with van der Waals surface area (Å²) in [5.41, 5.74) is 1.46. The first-order valence-electron chi connectivity index (χ1n) is 7.59. The maximum atomic E-state index is 12.2. The molecule has 0 atom stereocenters. The van der Waals surface area contributed by atoms with Crippen LogP contribution in [0.25, 0.3) is 0 Å². The Hall–Kier alpha value is -2.13. The zero-order valence-corrected chi connectivity index (χ0v) is 13.4. The second-order valence-corrected chi connectivity index (χ2v) is 5.74. The van der Waals surface area contributed by atoms with Crippen molar-refractivity contribution in [2.24, 2.45) is 0 Å². The average molecular weight is 297 g/mol. The fourth-order valence-electron chi connectivity index (χ4n) is 2.38. The number of carbonyl (C=O) groups is 1. The lowest BCUT2D eigenvalue weighted by Gasteiger charge is -2.30. The Morgan fingerprint density at radius 1 is 1.00 bits per heavy atom. The molecular weight excluding hydrogens is 274 g/mol. The lowest BCUT2D eigenvalue weighted by atomic mass is 9.94. The molecule has 0 saturated heterocycles. The molecule has 0 aromatic heterocycles. The van der Waals surface area contributed by atoms with Crippen LogP contribution in [-0.2, 0) is 9.53 Å². The Labute approximate surface area is 132 Å². The molecule has 22 heavy (non-hydrogen) atoms. The molecule has 0 aliphatic carbocycles. The van der Waals surface area contributed by atoms with Gasteiger partial charge in [-0.1, -0.05) is 60.7 Å². The lowest BCUT2D eigenvalue weighted by molar-refractivity contribution is -0.150. The standard InChI is InChI=1S/C19H23NO2/c1-4-22-18(21)19(2,3)20-17(15-11-7-5-8-12-15)16-13-9-6-10-14-16/h5-14,17,20H,4H2,1-3H3. The maximum absolute atomic E-state index is 12.2. The molecule has 0 bridgehead atoms. The van der Waals surface area contributed by atoms with Crippen LogP contribution in [0, 0.1) is 0 Å². The van der Waals surface area contributed by atoms with Gasteiger partial charge >= 0.3 is 5.97 Å². The Morgan fingerprint density at radius 2 is 1.45 bits per heavy atom. The average Bonchev–Trinajstić information content (AvgIpc) is 2.54. The van der Waals surface area contributed by atoms with Crippen LogP contribution in [0.2, 0.25) is 0 Å². The molecule has 0 fully saturated rings. The Balaban J connectivity index is 2.32. The number of hydrogen-bond acceptors (Lipinski definition) is 3. The van der Waals surface area contributed by atoms with Crippen LogP contribution in [0.3, 0.4) is 0 Å². The molecule has 0 aliphatic rings. The van der Waals surface area contributed by atoms with Crippen molar-refractivity contribution in [3.05, 3.63) is 71.8 Å². The van der Waals surface area contributed by atoms with Crippen LogP contribution in [0.1, 0.15) is 37.9 Å². The number of nitrogens with one attached hydrogen (secondary N) is 1. The summed E-state index contributed by atoms with van der Waals surface area (Å²) in [6.07, 6.45) is 0. The van der Waals surface area contributed by atoms with Gasteiger partial charge in [-0.15, -0.1) is 0 Å². The highest BCUT2D eigenvalue weighted by atomic mass is 16.5. The topological polar surface area (TPSA) is 38.3 Å².